The van der Waals surface area contributed by atoms with Crippen LogP contribution in [0.4, 0.5) is 14.4 Å². The van der Waals surface area contributed by atoms with E-state index in [4.69, 9.17) is 65.4 Å². The molecule has 3 amide bonds. The Balaban J connectivity index is 1.10. The van der Waals surface area contributed by atoms with Crippen molar-refractivity contribution in [1.29, 1.82) is 0 Å². The van der Waals surface area contributed by atoms with Gasteiger partial charge in [0.15, 0.2) is 55.9 Å². The SMILES string of the molecule is CC[C@@H]1O[C@H](O[C@H]2[C@@H](O[Si](C)(C)C(C)(C)C)[C@H](O[C@@H]3[C@@H](O)[C@H](CC(=O)C4(O)CC(NC(=O)OC(C)(C)C)C4)C[C@H](C)[C@H]3O[C@H]3O[C@@H]4COC(c5ccccc5)O[C@H]4[C@H](C)[C@H]3NC(=O)OCc3ccccc3)O[C@@H]2CC)[C@H](NC(=O)OCc2ccccc2)[C@@H](O[Si](C)(C)C(C)(C)C)[C@@H]1O[Si](C)(C)C(C)(C)C. The van der Waals surface area contributed by atoms with Gasteiger partial charge in [0.2, 0.25) is 0 Å². The first-order valence-corrected chi connectivity index (χ1v) is 46.8. The first-order valence-electron chi connectivity index (χ1n) is 38.1. The fraction of sp³-hybridized carbons (Fsp3) is 0.722. The molecule has 0 aromatic heterocycles. The molecule has 26 heteroatoms. The summed E-state index contributed by atoms with van der Waals surface area (Å²) in [6.07, 6.45) is -16.1. The molecule has 20 atom stereocenters. The molecule has 2 saturated carbocycles. The van der Waals surface area contributed by atoms with Gasteiger partial charge >= 0.3 is 18.3 Å². The van der Waals surface area contributed by atoms with E-state index in [1.54, 1.807) is 20.8 Å². The Bertz CT molecular complexity index is 3320. The van der Waals surface area contributed by atoms with Gasteiger partial charge in [0.1, 0.15) is 54.9 Å². The van der Waals surface area contributed by atoms with Gasteiger partial charge in [0.25, 0.3) is 0 Å². The molecule has 23 nitrogen and oxygen atoms in total. The van der Waals surface area contributed by atoms with Gasteiger partial charge in [0, 0.05) is 36.8 Å². The zero-order valence-electron chi connectivity index (χ0n) is 66.4. The molecule has 3 aromatic rings. The summed E-state index contributed by atoms with van der Waals surface area (Å²) in [4.78, 5) is 56.5. The number of rotatable bonds is 25. The zero-order valence-corrected chi connectivity index (χ0v) is 69.4. The van der Waals surface area contributed by atoms with Gasteiger partial charge in [-0.2, -0.15) is 0 Å². The topological polar surface area (TPSA) is 274 Å². The Labute approximate surface area is 627 Å². The average Bonchev–Trinajstić information content (AvgIpc) is 1.51. The van der Waals surface area contributed by atoms with E-state index in [0.717, 1.165) is 16.7 Å². The van der Waals surface area contributed by atoms with Gasteiger partial charge in [-0.15, -0.1) is 0 Å². The van der Waals surface area contributed by atoms with Crippen molar-refractivity contribution in [3.8, 4) is 0 Å². The van der Waals surface area contributed by atoms with E-state index in [1.165, 1.54) is 0 Å². The van der Waals surface area contributed by atoms with Crippen LogP contribution in [0.25, 0.3) is 0 Å². The number of aliphatic hydroxyl groups is 2. The zero-order chi connectivity index (χ0) is 77.2. The summed E-state index contributed by atoms with van der Waals surface area (Å²) in [5.74, 6) is -2.35. The number of ketones is 1. The highest BCUT2D eigenvalue weighted by Crippen LogP contribution is 2.49. The molecular weight excluding hydrogens is 1400 g/mol. The Kier molecular flexibility index (Phi) is 27.2. The number of carbonyl (C=O) groups is 4. The maximum absolute atomic E-state index is 14.7. The van der Waals surface area contributed by atoms with Crippen molar-refractivity contribution in [2.45, 2.75) is 339 Å². The molecule has 588 valence electrons. The molecule has 2 aliphatic carbocycles. The predicted molar refractivity (Wildman–Crippen MR) is 404 cm³/mol. The molecule has 1 unspecified atom stereocenters. The summed E-state index contributed by atoms with van der Waals surface area (Å²) < 4.78 is 97.2. The first kappa shape index (κ1) is 84.3. The molecule has 4 heterocycles. The molecule has 105 heavy (non-hydrogen) atoms. The fourth-order valence-corrected chi connectivity index (χ4v) is 18.0. The predicted octanol–water partition coefficient (Wildman–Crippen LogP) is 14.0. The Morgan fingerprint density at radius 2 is 1.00 bits per heavy atom. The molecule has 3 aromatic carbocycles. The fourth-order valence-electron chi connectivity index (χ4n) is 14.1. The lowest BCUT2D eigenvalue weighted by Gasteiger charge is -2.53. The molecule has 6 fully saturated rings. The Morgan fingerprint density at radius 1 is 0.543 bits per heavy atom. The van der Waals surface area contributed by atoms with Crippen molar-refractivity contribution in [2.24, 2.45) is 17.8 Å². The van der Waals surface area contributed by atoms with Crippen LogP contribution in [-0.2, 0) is 83.4 Å². The standard InChI is InChI=1S/C79H125N3O20Si3/c1-23-54-63(97-70-59(82-73(86)91-45-50-36-30-26-31-37-50)65(101-104(19,20)77(11,12)13)64(55(24-2)92-70)100-103(17,18)76(8,9)10)67(102-105(21,22)78(14,15)16)71(93-54)98-66-60(84)52(41-57(83)79(88)42-53(43-79)80-74(87)99-75(5,6)7)40-47(3)61(66)95-69-58(81-72(85)90-44-49-34-28-25-29-35-49)48(4)62-56(94-69)46-89-68(96-62)51-38-32-27-33-39-51/h25-39,47-48,52-56,58-71,84,88H,23-24,40-46H2,1-22H3,(H,80,87)(H,81,85)(H,82,86)/t47-,48+,52-,53?,54+,55-,56+,58+,59+,60-,61+,62-,63+,64+,65+,66+,67+,68?,69+,70+,71-,79?/m0/s1. The van der Waals surface area contributed by atoms with Crippen LogP contribution in [0, 0.1) is 17.8 Å². The number of aliphatic hydroxyl groups excluding tert-OH is 1. The number of fused-ring (bicyclic) bond motifs is 1. The molecule has 6 aliphatic rings. The van der Waals surface area contributed by atoms with Gasteiger partial charge in [0.05, 0.1) is 55.4 Å². The normalized spacial score (nSPS) is 33.5. The van der Waals surface area contributed by atoms with Crippen molar-refractivity contribution in [3.63, 3.8) is 0 Å². The van der Waals surface area contributed by atoms with E-state index in [2.05, 4.69) is 118 Å². The van der Waals surface area contributed by atoms with Gasteiger partial charge in [-0.1, -0.05) is 181 Å². The van der Waals surface area contributed by atoms with Crippen LogP contribution in [0.15, 0.2) is 91.0 Å². The van der Waals surface area contributed by atoms with E-state index in [0.29, 0.717) is 12.8 Å². The third-order valence-electron chi connectivity index (χ3n) is 23.3. The monoisotopic (exact) mass is 1520 g/mol. The number of benzene rings is 3. The number of alkyl carbamates (subject to hydrolysis) is 3. The van der Waals surface area contributed by atoms with Crippen molar-refractivity contribution in [1.82, 2.24) is 16.0 Å². The number of amides is 3. The van der Waals surface area contributed by atoms with Crippen LogP contribution in [0.1, 0.15) is 172 Å². The molecule has 0 spiro atoms. The molecule has 9 rings (SSSR count). The summed E-state index contributed by atoms with van der Waals surface area (Å²) in [6, 6.07) is 25.9. The van der Waals surface area contributed by atoms with Gasteiger partial charge in [-0.3, -0.25) is 4.79 Å². The third kappa shape index (κ3) is 20.7. The van der Waals surface area contributed by atoms with Crippen molar-refractivity contribution < 1.29 is 94.8 Å². The number of nitrogens with one attached hydrogen (secondary N) is 3. The summed E-state index contributed by atoms with van der Waals surface area (Å²) in [7, 11) is -8.32. The van der Waals surface area contributed by atoms with Crippen molar-refractivity contribution in [2.75, 3.05) is 6.61 Å². The summed E-state index contributed by atoms with van der Waals surface area (Å²) >= 11 is 0. The van der Waals surface area contributed by atoms with Crippen molar-refractivity contribution >= 4 is 49.0 Å². The lowest BCUT2D eigenvalue weighted by molar-refractivity contribution is -0.353. The van der Waals surface area contributed by atoms with Gasteiger partial charge in [-0.25, -0.2) is 14.4 Å². The molecular formula is C79H125N3O20Si3. The van der Waals surface area contributed by atoms with E-state index in [-0.39, 0.29) is 55.6 Å². The van der Waals surface area contributed by atoms with Gasteiger partial charge < -0.3 is 91.5 Å². The lowest BCUT2D eigenvalue weighted by Crippen LogP contribution is -2.70. The molecule has 0 radical (unpaired) electrons. The van der Waals surface area contributed by atoms with E-state index < -0.39 is 193 Å². The smallest absolute Gasteiger partial charge is 0.407 e. The van der Waals surface area contributed by atoms with E-state index in [9.17, 15) is 29.4 Å². The third-order valence-corrected chi connectivity index (χ3v) is 36.8. The highest BCUT2D eigenvalue weighted by Gasteiger charge is 2.61. The Hall–Kier alpha value is -4.73. The minimum absolute atomic E-state index is 0.0136. The summed E-state index contributed by atoms with van der Waals surface area (Å²) in [5, 5.41) is 33.6. The number of carbonyl (C=O) groups excluding carboxylic acids is 4. The number of ether oxygens (including phenoxy) is 11. The molecule has 4 saturated heterocycles. The number of hydrogen-bond donors (Lipinski definition) is 5. The lowest BCUT2D eigenvalue weighted by atomic mass is 9.68. The average molecular weight is 1520 g/mol. The molecule has 4 aliphatic heterocycles. The minimum Gasteiger partial charge on any atom is -0.445 e. The van der Waals surface area contributed by atoms with Crippen LogP contribution in [-0.4, -0.2) is 181 Å². The maximum atomic E-state index is 14.7. The van der Waals surface area contributed by atoms with E-state index >= 15 is 0 Å². The number of hydrogen-bond acceptors (Lipinski definition) is 20. The second-order valence-electron chi connectivity index (χ2n) is 35.6. The number of Topliss-reactive ketones (excluding diaryl/α,β-unsaturated/α-hetero) is 1. The maximum Gasteiger partial charge on any atom is 0.407 e. The summed E-state index contributed by atoms with van der Waals surface area (Å²) in [5.41, 5.74) is -0.193. The quantitative estimate of drug-likeness (QED) is 0.0389. The van der Waals surface area contributed by atoms with Crippen LogP contribution in [0.5, 0.6) is 0 Å². The summed E-state index contributed by atoms with van der Waals surface area (Å²) in [6.45, 7) is 45.8. The molecule has 5 N–H and O–H groups in total. The Morgan fingerprint density at radius 3 is 1.51 bits per heavy atom. The minimum atomic E-state index is -2.93. The van der Waals surface area contributed by atoms with Crippen LogP contribution in [0.3, 0.4) is 0 Å². The largest absolute Gasteiger partial charge is 0.445 e. The highest BCUT2D eigenvalue weighted by molar-refractivity contribution is 6.75. The van der Waals surface area contributed by atoms with Crippen molar-refractivity contribution in [3.05, 3.63) is 108 Å². The second-order valence-corrected chi connectivity index (χ2v) is 49.9. The van der Waals surface area contributed by atoms with Crippen LogP contribution >= 0.6 is 0 Å². The van der Waals surface area contributed by atoms with Crippen LogP contribution in [0.2, 0.25) is 54.4 Å². The van der Waals surface area contributed by atoms with E-state index in [1.807, 2.05) is 119 Å². The second kappa shape index (κ2) is 33.9. The molecule has 0 bridgehead atoms. The van der Waals surface area contributed by atoms with Gasteiger partial charge in [-0.05, 0) is 117 Å². The highest BCUT2D eigenvalue weighted by atomic mass is 28.4. The van der Waals surface area contributed by atoms with Crippen LogP contribution < -0.4 is 16.0 Å². The first-order chi connectivity index (χ1) is 48.9.